The second kappa shape index (κ2) is 13.2. The number of aryl methyl sites for hydroxylation is 2. The number of carboxylic acid groups (broad SMARTS) is 1. The van der Waals surface area contributed by atoms with Gasteiger partial charge in [0.15, 0.2) is 21.4 Å². The summed E-state index contributed by atoms with van der Waals surface area (Å²) < 4.78 is 92.8. The van der Waals surface area contributed by atoms with Crippen molar-refractivity contribution in [1.29, 1.82) is 0 Å². The Kier molecular flexibility index (Phi) is 9.10. The molecule has 2 aromatic heterocycles. The van der Waals surface area contributed by atoms with E-state index in [2.05, 4.69) is 5.10 Å². The monoisotopic (exact) mass is 719 g/mol. The Hall–Kier alpha value is -5.34. The molecule has 0 amide bonds. The standard InChI is InChI=1S/C36H31F2N3O7S2/c1-22-7-11-27(12-8-22)50(46,47)40-18-16-28-33(40)21-31(38)35(36(28)49(3,44)45)48-26-10-13-30(37)29(20-26)32-15-17-39-41(32)23(2)25-6-4-5-24(19-25)9-14-34(42)43/h4-8,10-13,15-21,23H,9,14H2,1-3H3,(H,42,43). The van der Waals surface area contributed by atoms with E-state index in [1.165, 1.54) is 36.5 Å². The van der Waals surface area contributed by atoms with Crippen LogP contribution < -0.4 is 4.74 Å². The number of fused-ring (bicyclic) bond motifs is 1. The predicted molar refractivity (Wildman–Crippen MR) is 183 cm³/mol. The number of benzene rings is 4. The van der Waals surface area contributed by atoms with Gasteiger partial charge in [-0.3, -0.25) is 9.48 Å². The molecule has 0 aliphatic carbocycles. The molecule has 258 valence electrons. The van der Waals surface area contributed by atoms with Crippen LogP contribution in [0.4, 0.5) is 8.78 Å². The summed E-state index contributed by atoms with van der Waals surface area (Å²) in [6.07, 6.45) is 3.79. The summed E-state index contributed by atoms with van der Waals surface area (Å²) in [6, 6.07) is 20.3. The Labute approximate surface area is 287 Å². The van der Waals surface area contributed by atoms with Gasteiger partial charge in [0.1, 0.15) is 16.5 Å². The largest absolute Gasteiger partial charge is 0.481 e. The lowest BCUT2D eigenvalue weighted by atomic mass is 10.0. The van der Waals surface area contributed by atoms with E-state index in [1.54, 1.807) is 35.9 Å². The second-order valence-electron chi connectivity index (χ2n) is 11.9. The zero-order valence-corrected chi connectivity index (χ0v) is 28.7. The van der Waals surface area contributed by atoms with Crippen LogP contribution in [-0.4, -0.2) is 47.9 Å². The molecule has 0 aliphatic heterocycles. The number of carboxylic acids is 1. The van der Waals surface area contributed by atoms with E-state index in [9.17, 15) is 21.6 Å². The third-order valence-corrected chi connectivity index (χ3v) is 11.2. The van der Waals surface area contributed by atoms with Crippen LogP contribution in [0.25, 0.3) is 22.2 Å². The van der Waals surface area contributed by atoms with Gasteiger partial charge in [-0.15, -0.1) is 0 Å². The number of aromatic nitrogens is 3. The van der Waals surface area contributed by atoms with Gasteiger partial charge in [0.05, 0.1) is 22.1 Å². The molecule has 6 rings (SSSR count). The van der Waals surface area contributed by atoms with E-state index in [0.717, 1.165) is 45.2 Å². The van der Waals surface area contributed by atoms with E-state index in [-0.39, 0.29) is 33.5 Å². The Morgan fingerprint density at radius 1 is 0.940 bits per heavy atom. The van der Waals surface area contributed by atoms with Gasteiger partial charge in [0, 0.05) is 42.1 Å². The molecule has 10 nitrogen and oxygen atoms in total. The molecule has 50 heavy (non-hydrogen) atoms. The van der Waals surface area contributed by atoms with Crippen LogP contribution in [0.2, 0.25) is 0 Å². The topological polar surface area (TPSA) is 138 Å². The molecule has 1 unspecified atom stereocenters. The minimum Gasteiger partial charge on any atom is -0.481 e. The highest BCUT2D eigenvalue weighted by atomic mass is 32.2. The van der Waals surface area contributed by atoms with Gasteiger partial charge in [0.2, 0.25) is 0 Å². The molecule has 2 heterocycles. The van der Waals surface area contributed by atoms with Crippen molar-refractivity contribution in [1.82, 2.24) is 13.8 Å². The van der Waals surface area contributed by atoms with Crippen LogP contribution in [0, 0.1) is 18.6 Å². The summed E-state index contributed by atoms with van der Waals surface area (Å²) in [7, 11) is -8.45. The molecule has 14 heteroatoms. The molecule has 6 aromatic rings. The summed E-state index contributed by atoms with van der Waals surface area (Å²) in [5.41, 5.74) is 2.61. The first kappa shape index (κ1) is 34.5. The smallest absolute Gasteiger partial charge is 0.303 e. The zero-order chi connectivity index (χ0) is 36.0. The second-order valence-corrected chi connectivity index (χ2v) is 15.6. The highest BCUT2D eigenvalue weighted by Crippen LogP contribution is 2.40. The third kappa shape index (κ3) is 6.63. The van der Waals surface area contributed by atoms with Crippen LogP contribution in [-0.2, 0) is 31.1 Å². The van der Waals surface area contributed by atoms with Crippen LogP contribution in [0.5, 0.6) is 11.5 Å². The maximum atomic E-state index is 15.9. The molecule has 1 N–H and O–H groups in total. The van der Waals surface area contributed by atoms with Crippen LogP contribution in [0.15, 0.2) is 107 Å². The first-order valence-corrected chi connectivity index (χ1v) is 18.7. The molecule has 0 aliphatic rings. The minimum atomic E-state index is -4.22. The molecule has 0 bridgehead atoms. The normalized spacial score (nSPS) is 12.7. The van der Waals surface area contributed by atoms with E-state index in [4.69, 9.17) is 9.84 Å². The van der Waals surface area contributed by atoms with Crippen molar-refractivity contribution in [2.75, 3.05) is 6.26 Å². The SMILES string of the molecule is Cc1ccc(S(=O)(=O)n2ccc3c(S(C)(=O)=O)c(Oc4ccc(F)c(-c5ccnn5C(C)c5cccc(CCC(=O)O)c5)c4)c(F)cc32)cc1. The number of rotatable bonds is 11. The van der Waals surface area contributed by atoms with Crippen LogP contribution in [0.1, 0.15) is 36.1 Å². The summed E-state index contributed by atoms with van der Waals surface area (Å²) in [6.45, 7) is 3.64. The van der Waals surface area contributed by atoms with Crippen LogP contribution >= 0.6 is 0 Å². The van der Waals surface area contributed by atoms with Crippen molar-refractivity contribution in [3.05, 3.63) is 126 Å². The Bertz CT molecular complexity index is 2490. The molecule has 0 spiro atoms. The van der Waals surface area contributed by atoms with Crippen molar-refractivity contribution in [2.45, 2.75) is 42.5 Å². The summed E-state index contributed by atoms with van der Waals surface area (Å²) >= 11 is 0. The Morgan fingerprint density at radius 3 is 2.38 bits per heavy atom. The van der Waals surface area contributed by atoms with E-state index in [0.29, 0.717) is 12.1 Å². The molecule has 1 atom stereocenters. The zero-order valence-electron chi connectivity index (χ0n) is 27.0. The van der Waals surface area contributed by atoms with E-state index < -0.39 is 54.2 Å². The number of hydrogen-bond donors (Lipinski definition) is 1. The summed E-state index contributed by atoms with van der Waals surface area (Å²) in [5, 5.41) is 13.4. The Balaban J connectivity index is 1.39. The maximum absolute atomic E-state index is 15.9. The minimum absolute atomic E-state index is 0.0320. The number of ether oxygens (including phenoxy) is 1. The lowest BCUT2D eigenvalue weighted by molar-refractivity contribution is -0.136. The van der Waals surface area contributed by atoms with Gasteiger partial charge in [0.25, 0.3) is 10.0 Å². The fourth-order valence-electron chi connectivity index (χ4n) is 5.79. The van der Waals surface area contributed by atoms with Gasteiger partial charge in [-0.2, -0.15) is 5.10 Å². The lowest BCUT2D eigenvalue weighted by Gasteiger charge is -2.18. The fraction of sp³-hybridized carbons (Fsp3) is 0.167. The quantitative estimate of drug-likeness (QED) is 0.149. The number of halogens is 2. The molecule has 0 saturated carbocycles. The maximum Gasteiger partial charge on any atom is 0.303 e. The summed E-state index contributed by atoms with van der Waals surface area (Å²) in [5.74, 6) is -3.48. The van der Waals surface area contributed by atoms with Gasteiger partial charge in [-0.05, 0) is 73.9 Å². The van der Waals surface area contributed by atoms with E-state index in [1.807, 2.05) is 25.1 Å². The average molecular weight is 720 g/mol. The van der Waals surface area contributed by atoms with Gasteiger partial charge in [-0.25, -0.2) is 29.6 Å². The highest BCUT2D eigenvalue weighted by Gasteiger charge is 2.29. The number of nitrogens with zero attached hydrogens (tertiary/aromatic N) is 3. The molecule has 0 fully saturated rings. The first-order chi connectivity index (χ1) is 23.6. The van der Waals surface area contributed by atoms with Gasteiger partial charge < -0.3 is 9.84 Å². The average Bonchev–Trinajstić information content (AvgIpc) is 3.72. The summed E-state index contributed by atoms with van der Waals surface area (Å²) in [4.78, 5) is 10.4. The molecular formula is C36H31F2N3O7S2. The lowest BCUT2D eigenvalue weighted by Crippen LogP contribution is -2.12. The van der Waals surface area contributed by atoms with Gasteiger partial charge >= 0.3 is 5.97 Å². The van der Waals surface area contributed by atoms with Crippen molar-refractivity contribution in [3.63, 3.8) is 0 Å². The van der Waals surface area contributed by atoms with Crippen molar-refractivity contribution in [3.8, 4) is 22.8 Å². The number of sulfone groups is 1. The van der Waals surface area contributed by atoms with Gasteiger partial charge in [-0.1, -0.05) is 42.0 Å². The molecule has 4 aromatic carbocycles. The van der Waals surface area contributed by atoms with Crippen molar-refractivity contribution >= 4 is 36.7 Å². The van der Waals surface area contributed by atoms with Crippen LogP contribution in [0.3, 0.4) is 0 Å². The molecular weight excluding hydrogens is 689 g/mol. The molecule has 0 saturated heterocycles. The fourth-order valence-corrected chi connectivity index (χ4v) is 8.18. The predicted octanol–water partition coefficient (Wildman–Crippen LogP) is 7.15. The van der Waals surface area contributed by atoms with E-state index >= 15 is 8.78 Å². The first-order valence-electron chi connectivity index (χ1n) is 15.3. The van der Waals surface area contributed by atoms with Crippen molar-refractivity contribution in [2.24, 2.45) is 0 Å². The number of hydrogen-bond acceptors (Lipinski definition) is 7. The number of aliphatic carboxylic acids is 1. The highest BCUT2D eigenvalue weighted by molar-refractivity contribution is 7.91. The third-order valence-electron chi connectivity index (χ3n) is 8.30. The molecule has 0 radical (unpaired) electrons. The Morgan fingerprint density at radius 2 is 1.68 bits per heavy atom. The van der Waals surface area contributed by atoms with Crippen molar-refractivity contribution < 1.29 is 40.3 Å². The number of carbonyl (C=O) groups is 1.